The van der Waals surface area contributed by atoms with Gasteiger partial charge >= 0.3 is 5.97 Å². The number of carboxylic acids is 1. The van der Waals surface area contributed by atoms with Gasteiger partial charge in [0.2, 0.25) is 0 Å². The maximum atomic E-state index is 11.9. The Kier molecular flexibility index (Phi) is 4.34. The Morgan fingerprint density at radius 2 is 1.78 bits per heavy atom. The van der Waals surface area contributed by atoms with Crippen LogP contribution in [0.15, 0.2) is 0 Å². The van der Waals surface area contributed by atoms with Gasteiger partial charge in [0.05, 0.1) is 5.41 Å². The highest BCUT2D eigenvalue weighted by Crippen LogP contribution is 2.49. The zero-order valence-electron chi connectivity index (χ0n) is 12.0. The van der Waals surface area contributed by atoms with Gasteiger partial charge in [-0.05, 0) is 37.0 Å². The average Bonchev–Trinajstić information content (AvgIpc) is 2.34. The third kappa shape index (κ3) is 2.57. The number of carboxylic acid groups (broad SMARTS) is 1. The van der Waals surface area contributed by atoms with E-state index in [2.05, 4.69) is 13.8 Å². The Morgan fingerprint density at radius 3 is 2.39 bits per heavy atom. The lowest BCUT2D eigenvalue weighted by molar-refractivity contribution is -0.157. The Hall–Kier alpha value is -0.530. The van der Waals surface area contributed by atoms with E-state index in [0.717, 1.165) is 31.6 Å². The van der Waals surface area contributed by atoms with Gasteiger partial charge in [-0.3, -0.25) is 4.79 Å². The Morgan fingerprint density at radius 1 is 1.11 bits per heavy atom. The average molecular weight is 252 g/mol. The normalized spacial score (nSPS) is 41.6. The van der Waals surface area contributed by atoms with E-state index in [-0.39, 0.29) is 0 Å². The summed E-state index contributed by atoms with van der Waals surface area (Å²) < 4.78 is 0. The molecule has 2 fully saturated rings. The zero-order chi connectivity index (χ0) is 13.2. The van der Waals surface area contributed by atoms with Crippen LogP contribution >= 0.6 is 0 Å². The third-order valence-corrected chi connectivity index (χ3v) is 5.79. The van der Waals surface area contributed by atoms with Crippen molar-refractivity contribution in [2.24, 2.45) is 23.2 Å². The third-order valence-electron chi connectivity index (χ3n) is 5.79. The topological polar surface area (TPSA) is 37.3 Å². The molecule has 2 aliphatic carbocycles. The van der Waals surface area contributed by atoms with Crippen molar-refractivity contribution in [1.82, 2.24) is 0 Å². The maximum Gasteiger partial charge on any atom is 0.309 e. The molecule has 2 aliphatic rings. The minimum Gasteiger partial charge on any atom is -0.481 e. The van der Waals surface area contributed by atoms with E-state index < -0.39 is 11.4 Å². The summed E-state index contributed by atoms with van der Waals surface area (Å²) in [7, 11) is 0. The lowest BCUT2D eigenvalue weighted by Crippen LogP contribution is -2.42. The van der Waals surface area contributed by atoms with E-state index >= 15 is 0 Å². The Bertz CT molecular complexity index is 299. The monoisotopic (exact) mass is 252 g/mol. The summed E-state index contributed by atoms with van der Waals surface area (Å²) in [6, 6.07) is 0. The summed E-state index contributed by atoms with van der Waals surface area (Å²) in [4.78, 5) is 11.9. The predicted octanol–water partition coefficient (Wildman–Crippen LogP) is 4.48. The van der Waals surface area contributed by atoms with Gasteiger partial charge in [-0.25, -0.2) is 0 Å². The Balaban J connectivity index is 2.12. The quantitative estimate of drug-likeness (QED) is 0.804. The van der Waals surface area contributed by atoms with E-state index in [9.17, 15) is 9.90 Å². The molecule has 4 unspecified atom stereocenters. The number of hydrogen-bond donors (Lipinski definition) is 1. The zero-order valence-corrected chi connectivity index (χ0v) is 12.0. The number of carbonyl (C=O) groups is 1. The number of hydrogen-bond acceptors (Lipinski definition) is 1. The molecule has 4 atom stereocenters. The smallest absolute Gasteiger partial charge is 0.309 e. The maximum absolute atomic E-state index is 11.9. The highest BCUT2D eigenvalue weighted by Gasteiger charge is 2.46. The summed E-state index contributed by atoms with van der Waals surface area (Å²) in [6.07, 6.45) is 10.5. The molecule has 0 amide bonds. The highest BCUT2D eigenvalue weighted by molar-refractivity contribution is 5.75. The van der Waals surface area contributed by atoms with Crippen LogP contribution in [0.1, 0.15) is 71.6 Å². The minimum absolute atomic E-state index is 0.359. The van der Waals surface area contributed by atoms with Crippen molar-refractivity contribution < 1.29 is 9.90 Å². The van der Waals surface area contributed by atoms with Crippen molar-refractivity contribution in [3.63, 3.8) is 0 Å². The van der Waals surface area contributed by atoms with Crippen LogP contribution in [-0.4, -0.2) is 11.1 Å². The molecule has 2 heteroatoms. The molecular weight excluding hydrogens is 224 g/mol. The van der Waals surface area contributed by atoms with E-state index in [1.807, 2.05) is 0 Å². The standard InChI is InChI=1S/C16H28O2/c1-12-7-3-4-9-14(12)11-16(15(17)18)10-6-5-8-13(16)2/h12-14H,3-11H2,1-2H3,(H,17,18). The molecule has 0 heterocycles. The van der Waals surface area contributed by atoms with Gasteiger partial charge in [0.1, 0.15) is 0 Å². The molecule has 0 saturated heterocycles. The fourth-order valence-electron chi connectivity index (χ4n) is 4.29. The van der Waals surface area contributed by atoms with E-state index in [1.54, 1.807) is 0 Å². The van der Waals surface area contributed by atoms with Crippen molar-refractivity contribution in [3.05, 3.63) is 0 Å². The largest absolute Gasteiger partial charge is 0.481 e. The lowest BCUT2D eigenvalue weighted by atomic mass is 9.60. The van der Waals surface area contributed by atoms with E-state index in [4.69, 9.17) is 0 Å². The van der Waals surface area contributed by atoms with Gasteiger partial charge in [0.15, 0.2) is 0 Å². The first-order valence-electron chi connectivity index (χ1n) is 7.79. The van der Waals surface area contributed by atoms with Crippen molar-refractivity contribution in [2.75, 3.05) is 0 Å². The van der Waals surface area contributed by atoms with E-state index in [0.29, 0.717) is 11.8 Å². The molecule has 2 nitrogen and oxygen atoms in total. The van der Waals surface area contributed by atoms with Crippen LogP contribution in [0.2, 0.25) is 0 Å². The molecule has 0 aromatic rings. The van der Waals surface area contributed by atoms with Gasteiger partial charge in [0, 0.05) is 0 Å². The highest BCUT2D eigenvalue weighted by atomic mass is 16.4. The van der Waals surface area contributed by atoms with E-state index in [1.165, 1.54) is 32.1 Å². The minimum atomic E-state index is -0.521. The van der Waals surface area contributed by atoms with Crippen molar-refractivity contribution in [1.29, 1.82) is 0 Å². The number of aliphatic carboxylic acids is 1. The molecule has 0 bridgehead atoms. The fourth-order valence-corrected chi connectivity index (χ4v) is 4.29. The van der Waals surface area contributed by atoms with Crippen LogP contribution in [0.25, 0.3) is 0 Å². The first-order valence-corrected chi connectivity index (χ1v) is 7.79. The molecular formula is C16H28O2. The van der Waals surface area contributed by atoms with Crippen LogP contribution in [0.4, 0.5) is 0 Å². The lowest BCUT2D eigenvalue weighted by Gasteiger charge is -2.43. The van der Waals surface area contributed by atoms with Crippen LogP contribution in [0, 0.1) is 23.2 Å². The molecule has 2 saturated carbocycles. The Labute approximate surface area is 111 Å². The second-order valence-corrected chi connectivity index (χ2v) is 6.83. The molecule has 1 N–H and O–H groups in total. The van der Waals surface area contributed by atoms with Gasteiger partial charge < -0.3 is 5.11 Å². The molecule has 0 aromatic carbocycles. The summed E-state index contributed by atoms with van der Waals surface area (Å²) in [5, 5.41) is 9.78. The summed E-state index contributed by atoms with van der Waals surface area (Å²) in [6.45, 7) is 4.49. The van der Waals surface area contributed by atoms with Crippen molar-refractivity contribution in [2.45, 2.75) is 71.6 Å². The van der Waals surface area contributed by atoms with Crippen LogP contribution < -0.4 is 0 Å². The van der Waals surface area contributed by atoms with Crippen LogP contribution in [-0.2, 0) is 4.79 Å². The first kappa shape index (κ1) is 13.9. The molecule has 0 aliphatic heterocycles. The molecule has 2 rings (SSSR count). The second-order valence-electron chi connectivity index (χ2n) is 6.83. The summed E-state index contributed by atoms with van der Waals surface area (Å²) in [5.74, 6) is 1.21. The molecule has 0 spiro atoms. The predicted molar refractivity (Wildman–Crippen MR) is 73.4 cm³/mol. The fraction of sp³-hybridized carbons (Fsp3) is 0.938. The van der Waals surface area contributed by atoms with Crippen molar-refractivity contribution >= 4 is 5.97 Å². The van der Waals surface area contributed by atoms with Gasteiger partial charge in [-0.15, -0.1) is 0 Å². The summed E-state index contributed by atoms with van der Waals surface area (Å²) >= 11 is 0. The second kappa shape index (κ2) is 5.63. The van der Waals surface area contributed by atoms with Crippen LogP contribution in [0.5, 0.6) is 0 Å². The first-order chi connectivity index (χ1) is 8.56. The molecule has 18 heavy (non-hydrogen) atoms. The molecule has 104 valence electrons. The van der Waals surface area contributed by atoms with Crippen LogP contribution in [0.3, 0.4) is 0 Å². The molecule has 0 aromatic heterocycles. The van der Waals surface area contributed by atoms with Gasteiger partial charge in [-0.1, -0.05) is 52.4 Å². The van der Waals surface area contributed by atoms with Crippen molar-refractivity contribution in [3.8, 4) is 0 Å². The van der Waals surface area contributed by atoms with Gasteiger partial charge in [-0.2, -0.15) is 0 Å². The van der Waals surface area contributed by atoms with Gasteiger partial charge in [0.25, 0.3) is 0 Å². The summed E-state index contributed by atoms with van der Waals surface area (Å²) in [5.41, 5.74) is -0.408. The SMILES string of the molecule is CC1CCCCC1CC1(C(=O)O)CCCCC1C. The molecule has 0 radical (unpaired) electrons. The number of rotatable bonds is 3.